The van der Waals surface area contributed by atoms with Crippen LogP contribution in [0.1, 0.15) is 32.3 Å². The summed E-state index contributed by atoms with van der Waals surface area (Å²) in [4.78, 5) is 26.4. The van der Waals surface area contributed by atoms with Gasteiger partial charge in [-0.05, 0) is 24.5 Å². The van der Waals surface area contributed by atoms with Crippen LogP contribution in [0.25, 0.3) is 0 Å². The monoisotopic (exact) mass is 417 g/mol. The Morgan fingerprint density at radius 3 is 2.62 bits per heavy atom. The molecule has 8 heteroatoms. The van der Waals surface area contributed by atoms with Gasteiger partial charge in [0.05, 0.1) is 19.3 Å². The Kier molecular flexibility index (Phi) is 7.28. The van der Waals surface area contributed by atoms with Gasteiger partial charge in [-0.3, -0.25) is 14.5 Å². The fraction of sp³-hybridized carbons (Fsp3) is 0.476. The average molecular weight is 418 g/mol. The standard InChI is InChI=1S/C21H28ClN5O2/c1-15(2)21(29)24-17-8-11-26(12-9-17)14-20(28)25-19-7-10-23-27(19)13-16-5-3-4-6-18(16)22/h3-7,10,15,17H,8-9,11-14H2,1-2H3,(H,24,29)(H,25,28). The van der Waals surface area contributed by atoms with Gasteiger partial charge in [-0.1, -0.05) is 43.6 Å². The van der Waals surface area contributed by atoms with Crippen molar-refractivity contribution in [3.05, 3.63) is 47.1 Å². The molecule has 7 nitrogen and oxygen atoms in total. The van der Waals surface area contributed by atoms with Crippen LogP contribution in [0.4, 0.5) is 5.82 Å². The van der Waals surface area contributed by atoms with Gasteiger partial charge in [0.25, 0.3) is 0 Å². The van der Waals surface area contributed by atoms with Gasteiger partial charge in [-0.2, -0.15) is 5.10 Å². The minimum absolute atomic E-state index is 0.00516. The predicted octanol–water partition coefficient (Wildman–Crippen LogP) is 2.76. The number of benzene rings is 1. The van der Waals surface area contributed by atoms with Gasteiger partial charge >= 0.3 is 0 Å². The number of rotatable bonds is 7. The fourth-order valence-corrected chi connectivity index (χ4v) is 3.54. The summed E-state index contributed by atoms with van der Waals surface area (Å²) in [5.41, 5.74) is 0.943. The van der Waals surface area contributed by atoms with E-state index >= 15 is 0 Å². The molecule has 2 N–H and O–H groups in total. The molecule has 1 aliphatic heterocycles. The number of hydrogen-bond donors (Lipinski definition) is 2. The number of nitrogens with one attached hydrogen (secondary N) is 2. The van der Waals surface area contributed by atoms with Crippen LogP contribution in [0.3, 0.4) is 0 Å². The molecule has 156 valence electrons. The van der Waals surface area contributed by atoms with Gasteiger partial charge in [0.15, 0.2) is 0 Å². The lowest BCUT2D eigenvalue weighted by molar-refractivity contribution is -0.125. The summed E-state index contributed by atoms with van der Waals surface area (Å²) in [5, 5.41) is 11.0. The third-order valence-corrected chi connectivity index (χ3v) is 5.46. The van der Waals surface area contributed by atoms with E-state index in [1.165, 1.54) is 0 Å². The molecule has 0 atom stereocenters. The van der Waals surface area contributed by atoms with E-state index in [9.17, 15) is 9.59 Å². The van der Waals surface area contributed by atoms with Crippen molar-refractivity contribution < 1.29 is 9.59 Å². The van der Waals surface area contributed by atoms with E-state index in [4.69, 9.17) is 11.6 Å². The molecular weight excluding hydrogens is 390 g/mol. The Labute approximate surface area is 176 Å². The van der Waals surface area contributed by atoms with E-state index in [1.54, 1.807) is 16.9 Å². The maximum absolute atomic E-state index is 12.5. The van der Waals surface area contributed by atoms with Crippen LogP contribution in [0, 0.1) is 5.92 Å². The van der Waals surface area contributed by atoms with Crippen molar-refractivity contribution in [2.24, 2.45) is 5.92 Å². The molecule has 2 aromatic rings. The smallest absolute Gasteiger partial charge is 0.239 e. The van der Waals surface area contributed by atoms with Crippen LogP contribution in [-0.2, 0) is 16.1 Å². The van der Waals surface area contributed by atoms with E-state index in [2.05, 4.69) is 20.6 Å². The number of carbonyl (C=O) groups is 2. The summed E-state index contributed by atoms with van der Waals surface area (Å²) in [6.45, 7) is 6.17. The lowest BCUT2D eigenvalue weighted by Gasteiger charge is -2.32. The highest BCUT2D eigenvalue weighted by molar-refractivity contribution is 6.31. The van der Waals surface area contributed by atoms with Gasteiger partial charge in [0, 0.05) is 36.1 Å². The average Bonchev–Trinajstić information content (AvgIpc) is 3.11. The Bertz CT molecular complexity index is 843. The zero-order chi connectivity index (χ0) is 20.8. The Balaban J connectivity index is 1.48. The topological polar surface area (TPSA) is 79.3 Å². The summed E-state index contributed by atoms with van der Waals surface area (Å²) in [6, 6.07) is 9.57. The highest BCUT2D eigenvalue weighted by Gasteiger charge is 2.23. The van der Waals surface area contributed by atoms with Crippen LogP contribution in [-0.4, -0.2) is 52.2 Å². The van der Waals surface area contributed by atoms with Crippen LogP contribution in [0.15, 0.2) is 36.5 Å². The summed E-state index contributed by atoms with van der Waals surface area (Å²) in [6.07, 6.45) is 3.38. The molecular formula is C21H28ClN5O2. The molecule has 2 heterocycles. The molecule has 2 amide bonds. The molecule has 0 saturated carbocycles. The maximum atomic E-state index is 12.5. The van der Waals surface area contributed by atoms with Gasteiger partial charge in [-0.25, -0.2) is 4.68 Å². The first-order chi connectivity index (χ1) is 13.9. The minimum atomic E-state index is -0.0735. The van der Waals surface area contributed by atoms with Crippen LogP contribution in [0.5, 0.6) is 0 Å². The molecule has 3 rings (SSSR count). The molecule has 1 fully saturated rings. The minimum Gasteiger partial charge on any atom is -0.353 e. The summed E-state index contributed by atoms with van der Waals surface area (Å²) >= 11 is 6.23. The molecule has 0 bridgehead atoms. The zero-order valence-corrected chi connectivity index (χ0v) is 17.7. The third kappa shape index (κ3) is 6.05. The number of carbonyl (C=O) groups excluding carboxylic acids is 2. The fourth-order valence-electron chi connectivity index (χ4n) is 3.34. The Hall–Kier alpha value is -2.38. The number of nitrogens with zero attached hydrogens (tertiary/aromatic N) is 3. The second-order valence-corrected chi connectivity index (χ2v) is 8.13. The van der Waals surface area contributed by atoms with E-state index in [0.717, 1.165) is 31.5 Å². The van der Waals surface area contributed by atoms with E-state index < -0.39 is 0 Å². The van der Waals surface area contributed by atoms with E-state index in [1.807, 2.05) is 38.1 Å². The van der Waals surface area contributed by atoms with Gasteiger partial charge in [-0.15, -0.1) is 0 Å². The van der Waals surface area contributed by atoms with E-state index in [-0.39, 0.29) is 23.8 Å². The SMILES string of the molecule is CC(C)C(=O)NC1CCN(CC(=O)Nc2ccnn2Cc2ccccc2Cl)CC1. The molecule has 0 spiro atoms. The molecule has 1 aliphatic rings. The second kappa shape index (κ2) is 9.89. The van der Waals surface area contributed by atoms with Gasteiger partial charge in [0.1, 0.15) is 5.82 Å². The predicted molar refractivity (Wildman–Crippen MR) is 114 cm³/mol. The summed E-state index contributed by atoms with van der Waals surface area (Å²) in [7, 11) is 0. The molecule has 0 unspecified atom stereocenters. The molecule has 1 saturated heterocycles. The zero-order valence-electron chi connectivity index (χ0n) is 16.9. The lowest BCUT2D eigenvalue weighted by atomic mass is 10.0. The van der Waals surface area contributed by atoms with E-state index in [0.29, 0.717) is 23.9 Å². The number of hydrogen-bond acceptors (Lipinski definition) is 4. The lowest BCUT2D eigenvalue weighted by Crippen LogP contribution is -2.47. The molecule has 0 radical (unpaired) electrons. The second-order valence-electron chi connectivity index (χ2n) is 7.73. The van der Waals surface area contributed by atoms with Gasteiger partial charge < -0.3 is 10.6 Å². The molecule has 0 aliphatic carbocycles. The number of amides is 2. The summed E-state index contributed by atoms with van der Waals surface area (Å²) in [5.74, 6) is 0.659. The van der Waals surface area contributed by atoms with Crippen molar-refractivity contribution in [2.45, 2.75) is 39.3 Å². The van der Waals surface area contributed by atoms with Crippen molar-refractivity contribution >= 4 is 29.2 Å². The molecule has 29 heavy (non-hydrogen) atoms. The number of anilines is 1. The highest BCUT2D eigenvalue weighted by Crippen LogP contribution is 2.18. The number of halogens is 1. The molecule has 1 aromatic carbocycles. The van der Waals surface area contributed by atoms with Crippen LogP contribution in [0.2, 0.25) is 5.02 Å². The largest absolute Gasteiger partial charge is 0.353 e. The van der Waals surface area contributed by atoms with Crippen molar-refractivity contribution in [3.63, 3.8) is 0 Å². The number of likely N-dealkylation sites (tertiary alicyclic amines) is 1. The van der Waals surface area contributed by atoms with Crippen molar-refractivity contribution in [3.8, 4) is 0 Å². The first-order valence-electron chi connectivity index (χ1n) is 10.00. The maximum Gasteiger partial charge on any atom is 0.239 e. The van der Waals surface area contributed by atoms with Crippen molar-refractivity contribution in [2.75, 3.05) is 25.0 Å². The van der Waals surface area contributed by atoms with Crippen molar-refractivity contribution in [1.29, 1.82) is 0 Å². The Morgan fingerprint density at radius 1 is 1.21 bits per heavy atom. The van der Waals surface area contributed by atoms with Gasteiger partial charge in [0.2, 0.25) is 11.8 Å². The number of aromatic nitrogens is 2. The normalized spacial score (nSPS) is 15.4. The quantitative estimate of drug-likeness (QED) is 0.726. The van der Waals surface area contributed by atoms with Crippen LogP contribution < -0.4 is 10.6 Å². The van der Waals surface area contributed by atoms with Crippen LogP contribution >= 0.6 is 11.6 Å². The van der Waals surface area contributed by atoms with Crippen molar-refractivity contribution in [1.82, 2.24) is 20.0 Å². The Morgan fingerprint density at radius 2 is 1.93 bits per heavy atom. The third-order valence-electron chi connectivity index (χ3n) is 5.09. The first-order valence-corrected chi connectivity index (χ1v) is 10.4. The molecule has 1 aromatic heterocycles. The highest BCUT2D eigenvalue weighted by atomic mass is 35.5. The summed E-state index contributed by atoms with van der Waals surface area (Å²) < 4.78 is 1.73. The first kappa shape index (κ1) is 21.3. The number of piperidine rings is 1.